The Morgan fingerprint density at radius 2 is 1.59 bits per heavy atom. The van der Waals surface area contributed by atoms with Crippen molar-refractivity contribution in [1.82, 2.24) is 20.4 Å². The van der Waals surface area contributed by atoms with E-state index < -0.39 is 29.4 Å². The van der Waals surface area contributed by atoms with Crippen molar-refractivity contribution in [2.45, 2.75) is 44.1 Å². The van der Waals surface area contributed by atoms with Crippen molar-refractivity contribution in [2.75, 3.05) is 19.6 Å². The first-order valence-corrected chi connectivity index (χ1v) is 9.89. The molecule has 4 rings (SSSR count). The topological polar surface area (TPSA) is 61.0 Å². The molecule has 0 aliphatic carbocycles. The van der Waals surface area contributed by atoms with Gasteiger partial charge in [-0.25, -0.2) is 0 Å². The summed E-state index contributed by atoms with van der Waals surface area (Å²) in [5.41, 5.74) is -0.598. The molecule has 3 heterocycles. The maximum Gasteiger partial charge on any atom is 0.416 e. The Labute approximate surface area is 186 Å². The van der Waals surface area contributed by atoms with Gasteiger partial charge in [0.1, 0.15) is 0 Å². The van der Waals surface area contributed by atoms with Crippen LogP contribution in [0.2, 0.25) is 0 Å². The minimum atomic E-state index is -4.88. The lowest BCUT2D eigenvalue weighted by Crippen LogP contribution is -2.39. The summed E-state index contributed by atoms with van der Waals surface area (Å²) in [7, 11) is 0. The highest BCUT2D eigenvalue weighted by atomic mass is 35.5. The number of nitrogens with one attached hydrogen (secondary N) is 2. The van der Waals surface area contributed by atoms with Crippen LogP contribution in [0.3, 0.4) is 0 Å². The number of nitrogens with zero attached hydrogens (tertiary/aromatic N) is 2. The average molecular weight is 483 g/mol. The number of H-pyrrole nitrogens is 1. The minimum absolute atomic E-state index is 0. The fourth-order valence-electron chi connectivity index (χ4n) is 4.18. The van der Waals surface area contributed by atoms with Gasteiger partial charge in [-0.3, -0.25) is 9.89 Å². The molecule has 12 heteroatoms. The van der Waals surface area contributed by atoms with Crippen LogP contribution in [0.1, 0.15) is 57.2 Å². The maximum absolute atomic E-state index is 13.1. The first kappa shape index (κ1) is 24.4. The Bertz CT molecular complexity index is 947. The van der Waals surface area contributed by atoms with Crippen molar-refractivity contribution < 1.29 is 31.1 Å². The van der Waals surface area contributed by atoms with Crippen molar-refractivity contribution in [3.05, 3.63) is 51.8 Å². The van der Waals surface area contributed by atoms with Gasteiger partial charge in [-0.15, -0.1) is 12.4 Å². The molecule has 5 nitrogen and oxygen atoms in total. The molecule has 2 aliphatic heterocycles. The lowest BCUT2D eigenvalue weighted by atomic mass is 9.87. The number of carbonyl (C=O) groups excluding carboxylic acids is 1. The van der Waals surface area contributed by atoms with Gasteiger partial charge in [0.25, 0.3) is 5.91 Å². The van der Waals surface area contributed by atoms with Gasteiger partial charge in [-0.1, -0.05) is 0 Å². The van der Waals surface area contributed by atoms with Crippen LogP contribution < -0.4 is 5.32 Å². The predicted molar refractivity (Wildman–Crippen MR) is 106 cm³/mol. The Hall–Kier alpha value is -2.27. The summed E-state index contributed by atoms with van der Waals surface area (Å²) in [6.07, 6.45) is -8.47. The molecule has 176 valence electrons. The van der Waals surface area contributed by atoms with E-state index in [9.17, 15) is 31.1 Å². The second-order valence-corrected chi connectivity index (χ2v) is 7.86. The van der Waals surface area contributed by atoms with E-state index in [2.05, 4.69) is 15.5 Å². The molecule has 0 saturated carbocycles. The molecule has 1 amide bonds. The second kappa shape index (κ2) is 8.93. The number of amides is 1. The molecule has 0 radical (unpaired) electrons. The van der Waals surface area contributed by atoms with E-state index in [-0.39, 0.29) is 55.9 Å². The zero-order valence-electron chi connectivity index (χ0n) is 16.7. The second-order valence-electron chi connectivity index (χ2n) is 7.86. The van der Waals surface area contributed by atoms with Gasteiger partial charge in [0.2, 0.25) is 0 Å². The summed E-state index contributed by atoms with van der Waals surface area (Å²) in [6, 6.07) is 1.71. The number of likely N-dealkylation sites (tertiary alicyclic amines) is 1. The summed E-state index contributed by atoms with van der Waals surface area (Å²) in [5.74, 6) is -0.776. The molecule has 1 fully saturated rings. The predicted octanol–water partition coefficient (Wildman–Crippen LogP) is 4.53. The summed E-state index contributed by atoms with van der Waals surface area (Å²) in [5, 5.41) is 10.2. The average Bonchev–Trinajstić information content (AvgIpc) is 3.16. The minimum Gasteiger partial charge on any atom is -0.337 e. The molecule has 1 aromatic carbocycles. The quantitative estimate of drug-likeness (QED) is 0.618. The van der Waals surface area contributed by atoms with Crippen LogP contribution in [-0.2, 0) is 25.3 Å². The molecular weight excluding hydrogens is 462 g/mol. The van der Waals surface area contributed by atoms with Gasteiger partial charge in [0.15, 0.2) is 5.69 Å². The van der Waals surface area contributed by atoms with Crippen molar-refractivity contribution in [3.63, 3.8) is 0 Å². The van der Waals surface area contributed by atoms with E-state index in [0.717, 1.165) is 36.4 Å². The molecule has 0 atom stereocenters. The number of halogens is 7. The third-order valence-electron chi connectivity index (χ3n) is 5.87. The standard InChI is InChI=1S/C20H20F6N4O.ClH/c21-19(22,23)13-7-12(8-14(9-13)20(24,25)26)11-2-5-30(6-3-11)18(31)17-15-10-27-4-1-16(15)28-29-17;/h7-9,11,27H,1-6,10H2,(H,28,29);1H. The molecule has 0 spiro atoms. The molecule has 2 N–H and O–H groups in total. The maximum atomic E-state index is 13.1. The van der Waals surface area contributed by atoms with Gasteiger partial charge in [-0.2, -0.15) is 31.4 Å². The fraction of sp³-hybridized carbons (Fsp3) is 0.500. The molecule has 1 saturated heterocycles. The summed E-state index contributed by atoms with van der Waals surface area (Å²) in [6.45, 7) is 1.77. The van der Waals surface area contributed by atoms with Crippen LogP contribution in [-0.4, -0.2) is 40.6 Å². The molecule has 1 aromatic heterocycles. The number of piperidine rings is 1. The van der Waals surface area contributed by atoms with E-state index in [1.807, 2.05) is 0 Å². The fourth-order valence-corrected chi connectivity index (χ4v) is 4.18. The molecule has 32 heavy (non-hydrogen) atoms. The number of benzene rings is 1. The van der Waals surface area contributed by atoms with E-state index in [0.29, 0.717) is 12.2 Å². The van der Waals surface area contributed by atoms with Crippen LogP contribution in [0.15, 0.2) is 18.2 Å². The number of aromatic nitrogens is 2. The Morgan fingerprint density at radius 1 is 1.00 bits per heavy atom. The number of aromatic amines is 1. The van der Waals surface area contributed by atoms with Crippen LogP contribution >= 0.6 is 12.4 Å². The van der Waals surface area contributed by atoms with Crippen LogP contribution in [0.4, 0.5) is 26.3 Å². The van der Waals surface area contributed by atoms with Crippen LogP contribution in [0, 0.1) is 0 Å². The number of hydrogen-bond acceptors (Lipinski definition) is 3. The zero-order chi connectivity index (χ0) is 22.4. The van der Waals surface area contributed by atoms with Crippen LogP contribution in [0.25, 0.3) is 0 Å². The number of fused-ring (bicyclic) bond motifs is 1. The molecular formula is C20H21ClF6N4O. The van der Waals surface area contributed by atoms with E-state index in [1.54, 1.807) is 4.90 Å². The lowest BCUT2D eigenvalue weighted by molar-refractivity contribution is -0.143. The summed E-state index contributed by atoms with van der Waals surface area (Å²) >= 11 is 0. The van der Waals surface area contributed by atoms with Gasteiger partial charge in [-0.05, 0) is 42.5 Å². The van der Waals surface area contributed by atoms with Crippen molar-refractivity contribution in [2.24, 2.45) is 0 Å². The zero-order valence-corrected chi connectivity index (χ0v) is 17.6. The third kappa shape index (κ3) is 4.88. The van der Waals surface area contributed by atoms with Gasteiger partial charge < -0.3 is 10.2 Å². The summed E-state index contributed by atoms with van der Waals surface area (Å²) in [4.78, 5) is 14.4. The number of carbonyl (C=O) groups is 1. The first-order chi connectivity index (χ1) is 14.5. The summed E-state index contributed by atoms with van der Waals surface area (Å²) < 4.78 is 78.8. The smallest absolute Gasteiger partial charge is 0.337 e. The van der Waals surface area contributed by atoms with Crippen LogP contribution in [0.5, 0.6) is 0 Å². The normalized spacial score (nSPS) is 17.6. The van der Waals surface area contributed by atoms with E-state index >= 15 is 0 Å². The van der Waals surface area contributed by atoms with E-state index in [1.165, 1.54) is 0 Å². The highest BCUT2D eigenvalue weighted by molar-refractivity contribution is 5.94. The number of alkyl halides is 6. The Balaban J connectivity index is 0.00000289. The van der Waals surface area contributed by atoms with E-state index in [4.69, 9.17) is 0 Å². The van der Waals surface area contributed by atoms with Crippen molar-refractivity contribution in [3.8, 4) is 0 Å². The number of hydrogen-bond donors (Lipinski definition) is 2. The number of rotatable bonds is 2. The first-order valence-electron chi connectivity index (χ1n) is 9.89. The third-order valence-corrected chi connectivity index (χ3v) is 5.87. The lowest BCUT2D eigenvalue weighted by Gasteiger charge is -2.32. The van der Waals surface area contributed by atoms with Crippen molar-refractivity contribution >= 4 is 18.3 Å². The van der Waals surface area contributed by atoms with Gasteiger partial charge in [0.05, 0.1) is 11.1 Å². The van der Waals surface area contributed by atoms with Gasteiger partial charge >= 0.3 is 12.4 Å². The highest BCUT2D eigenvalue weighted by Crippen LogP contribution is 2.39. The molecule has 0 unspecified atom stereocenters. The molecule has 2 aliphatic rings. The van der Waals surface area contributed by atoms with Crippen molar-refractivity contribution in [1.29, 1.82) is 0 Å². The Kier molecular flexibility index (Phi) is 6.80. The molecule has 2 aromatic rings. The molecule has 0 bridgehead atoms. The highest BCUT2D eigenvalue weighted by Gasteiger charge is 2.38. The SMILES string of the molecule is Cl.O=C(c1n[nH]c2c1CNCC2)N1CCC(c2cc(C(F)(F)F)cc(C(F)(F)F)c2)CC1. The van der Waals surface area contributed by atoms with Gasteiger partial charge in [0, 0.05) is 43.9 Å². The largest absolute Gasteiger partial charge is 0.416 e. The Morgan fingerprint density at radius 3 is 2.16 bits per heavy atom. The monoisotopic (exact) mass is 482 g/mol.